The van der Waals surface area contributed by atoms with Crippen LogP contribution in [0.2, 0.25) is 5.02 Å². The molecule has 0 heterocycles. The number of carbonyl (C=O) groups is 1. The normalized spacial score (nSPS) is 10.6. The maximum Gasteiger partial charge on any atom is 0.255 e. The van der Waals surface area contributed by atoms with E-state index >= 15 is 0 Å². The van der Waals surface area contributed by atoms with E-state index in [-0.39, 0.29) is 5.91 Å². The highest BCUT2D eigenvalue weighted by atomic mass is 35.5. The van der Waals surface area contributed by atoms with E-state index < -0.39 is 0 Å². The molecule has 0 saturated heterocycles. The third-order valence-corrected chi connectivity index (χ3v) is 3.20. The van der Waals surface area contributed by atoms with Gasteiger partial charge < -0.3 is 10.2 Å². The number of nitrogens with zero attached hydrogens (tertiary/aromatic N) is 1. The lowest BCUT2D eigenvalue weighted by Crippen LogP contribution is -2.25. The number of anilines is 1. The van der Waals surface area contributed by atoms with Crippen molar-refractivity contribution in [3.05, 3.63) is 28.8 Å². The summed E-state index contributed by atoms with van der Waals surface area (Å²) in [5.74, 6) is -0.0138. The standard InChI is InChI=1S/C14H21ClN2O/c1-5-11(6-2)16-13-9-10(15)7-8-12(13)14(18)17(3)4/h7-9,11,16H,5-6H2,1-4H3. The molecular weight excluding hydrogens is 248 g/mol. The minimum absolute atomic E-state index is 0.0138. The predicted octanol–water partition coefficient (Wildman–Crippen LogP) is 3.64. The molecule has 1 amide bonds. The summed E-state index contributed by atoms with van der Waals surface area (Å²) in [5, 5.41) is 4.03. The van der Waals surface area contributed by atoms with Gasteiger partial charge in [0.15, 0.2) is 0 Å². The molecule has 1 rings (SSSR count). The number of benzene rings is 1. The van der Waals surface area contributed by atoms with E-state index in [2.05, 4.69) is 19.2 Å². The van der Waals surface area contributed by atoms with Crippen molar-refractivity contribution in [1.29, 1.82) is 0 Å². The van der Waals surface area contributed by atoms with Gasteiger partial charge in [0, 0.05) is 30.8 Å². The van der Waals surface area contributed by atoms with Crippen LogP contribution in [0.4, 0.5) is 5.69 Å². The van der Waals surface area contributed by atoms with Crippen molar-refractivity contribution in [2.75, 3.05) is 19.4 Å². The van der Waals surface area contributed by atoms with Gasteiger partial charge in [-0.25, -0.2) is 0 Å². The van der Waals surface area contributed by atoms with Crippen LogP contribution in [0.1, 0.15) is 37.0 Å². The van der Waals surface area contributed by atoms with Crippen molar-refractivity contribution in [1.82, 2.24) is 4.90 Å². The monoisotopic (exact) mass is 268 g/mol. The highest BCUT2D eigenvalue weighted by molar-refractivity contribution is 6.31. The fourth-order valence-corrected chi connectivity index (χ4v) is 1.95. The molecule has 0 aliphatic rings. The van der Waals surface area contributed by atoms with Gasteiger partial charge in [-0.05, 0) is 31.0 Å². The van der Waals surface area contributed by atoms with Crippen LogP contribution in [-0.4, -0.2) is 30.9 Å². The van der Waals surface area contributed by atoms with Crippen LogP contribution in [0, 0.1) is 0 Å². The van der Waals surface area contributed by atoms with E-state index in [1.54, 1.807) is 31.1 Å². The first-order valence-corrected chi connectivity index (χ1v) is 6.65. The van der Waals surface area contributed by atoms with Crippen molar-refractivity contribution in [3.63, 3.8) is 0 Å². The molecule has 0 aliphatic carbocycles. The van der Waals surface area contributed by atoms with Gasteiger partial charge in [-0.1, -0.05) is 25.4 Å². The van der Waals surface area contributed by atoms with E-state index in [0.717, 1.165) is 18.5 Å². The second kappa shape index (κ2) is 6.64. The Morgan fingerprint density at radius 1 is 1.33 bits per heavy atom. The van der Waals surface area contributed by atoms with Gasteiger partial charge in [0.05, 0.1) is 5.56 Å². The molecule has 0 saturated carbocycles. The van der Waals surface area contributed by atoms with Gasteiger partial charge in [-0.2, -0.15) is 0 Å². The average molecular weight is 269 g/mol. The fraction of sp³-hybridized carbons (Fsp3) is 0.500. The van der Waals surface area contributed by atoms with E-state index in [4.69, 9.17) is 11.6 Å². The number of halogens is 1. The Bertz CT molecular complexity index is 414. The summed E-state index contributed by atoms with van der Waals surface area (Å²) in [4.78, 5) is 13.6. The molecule has 0 radical (unpaired) electrons. The number of nitrogens with one attached hydrogen (secondary N) is 1. The SMILES string of the molecule is CCC(CC)Nc1cc(Cl)ccc1C(=O)N(C)C. The molecule has 0 aromatic heterocycles. The van der Waals surface area contributed by atoms with Crippen LogP contribution in [0.25, 0.3) is 0 Å². The van der Waals surface area contributed by atoms with E-state index in [9.17, 15) is 4.79 Å². The zero-order valence-electron chi connectivity index (χ0n) is 11.5. The van der Waals surface area contributed by atoms with Crippen LogP contribution >= 0.6 is 11.6 Å². The Labute approximate surface area is 114 Å². The first kappa shape index (κ1) is 14.8. The molecule has 4 heteroatoms. The maximum atomic E-state index is 12.1. The highest BCUT2D eigenvalue weighted by Crippen LogP contribution is 2.23. The summed E-state index contributed by atoms with van der Waals surface area (Å²) in [5.41, 5.74) is 1.48. The largest absolute Gasteiger partial charge is 0.382 e. The van der Waals surface area contributed by atoms with Crippen molar-refractivity contribution in [2.45, 2.75) is 32.7 Å². The zero-order chi connectivity index (χ0) is 13.7. The van der Waals surface area contributed by atoms with Crippen molar-refractivity contribution >= 4 is 23.2 Å². The molecular formula is C14H21ClN2O. The molecule has 0 bridgehead atoms. The molecule has 0 atom stereocenters. The summed E-state index contributed by atoms with van der Waals surface area (Å²) in [6.45, 7) is 4.25. The molecule has 3 nitrogen and oxygen atoms in total. The number of rotatable bonds is 5. The molecule has 1 aromatic rings. The van der Waals surface area contributed by atoms with Gasteiger partial charge in [-0.3, -0.25) is 4.79 Å². The topological polar surface area (TPSA) is 32.3 Å². The van der Waals surface area contributed by atoms with Gasteiger partial charge in [-0.15, -0.1) is 0 Å². The first-order valence-electron chi connectivity index (χ1n) is 6.27. The third-order valence-electron chi connectivity index (χ3n) is 2.96. The first-order chi connectivity index (χ1) is 8.49. The minimum Gasteiger partial charge on any atom is -0.382 e. The van der Waals surface area contributed by atoms with Gasteiger partial charge >= 0.3 is 0 Å². The van der Waals surface area contributed by atoms with Crippen molar-refractivity contribution in [3.8, 4) is 0 Å². The van der Waals surface area contributed by atoms with E-state index in [1.807, 2.05) is 6.07 Å². The molecule has 0 unspecified atom stereocenters. The van der Waals surface area contributed by atoms with Gasteiger partial charge in [0.25, 0.3) is 5.91 Å². The van der Waals surface area contributed by atoms with Crippen LogP contribution < -0.4 is 5.32 Å². The summed E-state index contributed by atoms with van der Waals surface area (Å²) in [6, 6.07) is 5.69. The van der Waals surface area contributed by atoms with Gasteiger partial charge in [0.1, 0.15) is 0 Å². The molecule has 100 valence electrons. The second-order valence-corrected chi connectivity index (χ2v) is 4.98. The Kier molecular flexibility index (Phi) is 5.48. The molecule has 0 aliphatic heterocycles. The molecule has 1 N–H and O–H groups in total. The zero-order valence-corrected chi connectivity index (χ0v) is 12.2. The van der Waals surface area contributed by atoms with Crippen molar-refractivity contribution in [2.24, 2.45) is 0 Å². The Morgan fingerprint density at radius 2 is 1.94 bits per heavy atom. The number of hydrogen-bond acceptors (Lipinski definition) is 2. The third kappa shape index (κ3) is 3.64. The minimum atomic E-state index is -0.0138. The lowest BCUT2D eigenvalue weighted by Gasteiger charge is -2.20. The number of amides is 1. The van der Waals surface area contributed by atoms with E-state index in [0.29, 0.717) is 16.6 Å². The Morgan fingerprint density at radius 3 is 2.44 bits per heavy atom. The van der Waals surface area contributed by atoms with Gasteiger partial charge in [0.2, 0.25) is 0 Å². The summed E-state index contributed by atoms with van der Waals surface area (Å²) >= 11 is 6.01. The van der Waals surface area contributed by atoms with Crippen molar-refractivity contribution < 1.29 is 4.79 Å². The quantitative estimate of drug-likeness (QED) is 0.884. The van der Waals surface area contributed by atoms with Crippen LogP contribution in [0.15, 0.2) is 18.2 Å². The molecule has 18 heavy (non-hydrogen) atoms. The predicted molar refractivity (Wildman–Crippen MR) is 77.5 cm³/mol. The maximum absolute atomic E-state index is 12.1. The van der Waals surface area contributed by atoms with Crippen LogP contribution in [0.5, 0.6) is 0 Å². The molecule has 1 aromatic carbocycles. The summed E-state index contributed by atoms with van der Waals surface area (Å²) < 4.78 is 0. The Hall–Kier alpha value is -1.22. The highest BCUT2D eigenvalue weighted by Gasteiger charge is 2.15. The number of hydrogen-bond donors (Lipinski definition) is 1. The lowest BCUT2D eigenvalue weighted by atomic mass is 10.1. The smallest absolute Gasteiger partial charge is 0.255 e. The van der Waals surface area contributed by atoms with E-state index in [1.165, 1.54) is 0 Å². The van der Waals surface area contributed by atoms with Crippen LogP contribution in [-0.2, 0) is 0 Å². The second-order valence-electron chi connectivity index (χ2n) is 4.55. The molecule has 0 fully saturated rings. The average Bonchev–Trinajstić information content (AvgIpc) is 2.35. The summed E-state index contributed by atoms with van der Waals surface area (Å²) in [7, 11) is 3.50. The summed E-state index contributed by atoms with van der Waals surface area (Å²) in [6.07, 6.45) is 2.03. The van der Waals surface area contributed by atoms with Crippen LogP contribution in [0.3, 0.4) is 0 Å². The number of carbonyl (C=O) groups excluding carboxylic acids is 1. The lowest BCUT2D eigenvalue weighted by molar-refractivity contribution is 0.0828. The fourth-order valence-electron chi connectivity index (χ4n) is 1.78. The Balaban J connectivity index is 3.07. The molecule has 0 spiro atoms.